The van der Waals surface area contributed by atoms with E-state index in [1.807, 2.05) is 6.92 Å². The summed E-state index contributed by atoms with van der Waals surface area (Å²) in [4.78, 5) is 25.6. The Kier molecular flexibility index (Phi) is 3.85. The van der Waals surface area contributed by atoms with Crippen LogP contribution in [0.4, 0.5) is 5.82 Å². The maximum atomic E-state index is 11.0. The van der Waals surface area contributed by atoms with Crippen LogP contribution in [0.15, 0.2) is 18.3 Å². The summed E-state index contributed by atoms with van der Waals surface area (Å²) in [6.45, 7) is 1.99. The Morgan fingerprint density at radius 2 is 2.27 bits per heavy atom. The fourth-order valence-corrected chi connectivity index (χ4v) is 0.928. The average Bonchev–Trinajstić information content (AvgIpc) is 2.29. The van der Waals surface area contributed by atoms with Gasteiger partial charge >= 0.3 is 19.9 Å². The SMILES string of the molecule is [B]OC(=O)C(=O)Nc1ccc(CC)cn1. The van der Waals surface area contributed by atoms with E-state index in [-0.39, 0.29) is 5.82 Å². The van der Waals surface area contributed by atoms with Gasteiger partial charge < -0.3 is 9.97 Å². The largest absolute Gasteiger partial charge is 0.536 e. The fraction of sp³-hybridized carbons (Fsp3) is 0.222. The number of carbonyl (C=O) groups is 2. The van der Waals surface area contributed by atoms with E-state index >= 15 is 0 Å². The van der Waals surface area contributed by atoms with Crippen LogP contribution in [0.1, 0.15) is 12.5 Å². The molecule has 1 aromatic rings. The molecule has 15 heavy (non-hydrogen) atoms. The van der Waals surface area contributed by atoms with Crippen molar-refractivity contribution >= 4 is 25.7 Å². The van der Waals surface area contributed by atoms with Crippen LogP contribution in [0.3, 0.4) is 0 Å². The zero-order valence-electron chi connectivity index (χ0n) is 8.19. The quantitative estimate of drug-likeness (QED) is 0.552. The zero-order valence-corrected chi connectivity index (χ0v) is 8.19. The summed E-state index contributed by atoms with van der Waals surface area (Å²) in [5.41, 5.74) is 1.04. The van der Waals surface area contributed by atoms with E-state index in [9.17, 15) is 9.59 Å². The Labute approximate surface area is 88.3 Å². The van der Waals surface area contributed by atoms with Crippen molar-refractivity contribution in [2.24, 2.45) is 0 Å². The molecule has 0 saturated heterocycles. The van der Waals surface area contributed by atoms with Gasteiger partial charge in [-0.3, -0.25) is 4.79 Å². The molecule has 0 fully saturated rings. The molecule has 6 heteroatoms. The van der Waals surface area contributed by atoms with Crippen LogP contribution in [0.2, 0.25) is 0 Å². The highest BCUT2D eigenvalue weighted by Crippen LogP contribution is 2.05. The van der Waals surface area contributed by atoms with Gasteiger partial charge in [-0.1, -0.05) is 13.0 Å². The second-order valence-corrected chi connectivity index (χ2v) is 2.76. The molecule has 76 valence electrons. The van der Waals surface area contributed by atoms with Crippen LogP contribution >= 0.6 is 0 Å². The van der Waals surface area contributed by atoms with Crippen molar-refractivity contribution in [3.63, 3.8) is 0 Å². The highest BCUT2D eigenvalue weighted by Gasteiger charge is 2.13. The number of nitrogens with one attached hydrogen (secondary N) is 1. The molecule has 0 atom stereocenters. The van der Waals surface area contributed by atoms with Crippen molar-refractivity contribution in [2.45, 2.75) is 13.3 Å². The number of pyridine rings is 1. The topological polar surface area (TPSA) is 68.3 Å². The first kappa shape index (κ1) is 11.2. The lowest BCUT2D eigenvalue weighted by molar-refractivity contribution is -0.145. The van der Waals surface area contributed by atoms with Gasteiger partial charge in [0, 0.05) is 6.20 Å². The fourth-order valence-electron chi connectivity index (χ4n) is 0.928. The number of rotatable bonds is 2. The zero-order chi connectivity index (χ0) is 11.3. The van der Waals surface area contributed by atoms with Gasteiger partial charge in [-0.15, -0.1) is 0 Å². The summed E-state index contributed by atoms with van der Waals surface area (Å²) < 4.78 is 3.75. The highest BCUT2D eigenvalue weighted by atomic mass is 16.5. The van der Waals surface area contributed by atoms with E-state index in [1.54, 1.807) is 18.3 Å². The standard InChI is InChI=1S/C9H9BN2O3/c1-2-6-3-4-7(11-5-6)12-8(13)9(14)15-10/h3-5H,2H2,1H3,(H,11,12,13). The Hall–Kier alpha value is -1.85. The van der Waals surface area contributed by atoms with Crippen LogP contribution < -0.4 is 5.32 Å². The molecule has 1 aromatic heterocycles. The predicted molar refractivity (Wildman–Crippen MR) is 54.1 cm³/mol. The van der Waals surface area contributed by atoms with Gasteiger partial charge in [0.05, 0.1) is 0 Å². The Balaban J connectivity index is 2.65. The molecule has 0 saturated carbocycles. The third kappa shape index (κ3) is 3.09. The summed E-state index contributed by atoms with van der Waals surface area (Å²) in [5, 5.41) is 2.24. The minimum atomic E-state index is -1.16. The van der Waals surface area contributed by atoms with E-state index in [4.69, 9.17) is 0 Å². The second kappa shape index (κ2) is 5.14. The van der Waals surface area contributed by atoms with Crippen LogP contribution in [0.25, 0.3) is 0 Å². The van der Waals surface area contributed by atoms with Crippen molar-refractivity contribution in [3.8, 4) is 0 Å². The summed E-state index contributed by atoms with van der Waals surface area (Å²) in [6.07, 6.45) is 2.47. The van der Waals surface area contributed by atoms with Crippen LogP contribution in [0.5, 0.6) is 0 Å². The molecule has 1 N–H and O–H groups in total. The number of aromatic nitrogens is 1. The monoisotopic (exact) mass is 204 g/mol. The first-order valence-corrected chi connectivity index (χ1v) is 4.34. The molecule has 0 unspecified atom stereocenters. The number of hydrogen-bond donors (Lipinski definition) is 1. The number of nitrogens with zero attached hydrogens (tertiary/aromatic N) is 1. The highest BCUT2D eigenvalue weighted by molar-refractivity contribution is 6.40. The maximum absolute atomic E-state index is 11.0. The van der Waals surface area contributed by atoms with Crippen LogP contribution in [-0.2, 0) is 20.7 Å². The van der Waals surface area contributed by atoms with Crippen LogP contribution in [0, 0.1) is 0 Å². The smallest absolute Gasteiger partial charge is 0.379 e. The van der Waals surface area contributed by atoms with Crippen molar-refractivity contribution in [3.05, 3.63) is 23.9 Å². The lowest BCUT2D eigenvalue weighted by atomic mass is 10.2. The van der Waals surface area contributed by atoms with Crippen molar-refractivity contribution in [2.75, 3.05) is 5.32 Å². The first-order chi connectivity index (χ1) is 7.17. The average molecular weight is 204 g/mol. The van der Waals surface area contributed by atoms with Gasteiger partial charge in [0.1, 0.15) is 5.82 Å². The van der Waals surface area contributed by atoms with E-state index in [1.165, 1.54) is 0 Å². The Bertz CT molecular complexity index is 364. The summed E-state index contributed by atoms with van der Waals surface area (Å²) >= 11 is 0. The summed E-state index contributed by atoms with van der Waals surface area (Å²) in [5.74, 6) is -1.83. The van der Waals surface area contributed by atoms with Crippen molar-refractivity contribution in [1.82, 2.24) is 4.98 Å². The molecule has 0 aliphatic heterocycles. The molecule has 2 radical (unpaired) electrons. The van der Waals surface area contributed by atoms with Gasteiger partial charge in [0.2, 0.25) is 0 Å². The van der Waals surface area contributed by atoms with E-state index in [2.05, 4.69) is 23.0 Å². The summed E-state index contributed by atoms with van der Waals surface area (Å²) in [7, 11) is 4.54. The van der Waals surface area contributed by atoms with Crippen LogP contribution in [-0.4, -0.2) is 24.9 Å². The molecule has 0 bridgehead atoms. The molecule has 1 heterocycles. The van der Waals surface area contributed by atoms with Crippen molar-refractivity contribution in [1.29, 1.82) is 0 Å². The van der Waals surface area contributed by atoms with Gasteiger partial charge in [-0.05, 0) is 18.1 Å². The molecule has 0 aliphatic rings. The number of amides is 1. The molecule has 0 spiro atoms. The van der Waals surface area contributed by atoms with Gasteiger partial charge in [-0.25, -0.2) is 9.78 Å². The normalized spacial score (nSPS) is 9.40. The van der Waals surface area contributed by atoms with Gasteiger partial charge in [0.25, 0.3) is 0 Å². The van der Waals surface area contributed by atoms with Gasteiger partial charge in [0.15, 0.2) is 0 Å². The lowest BCUT2D eigenvalue weighted by Crippen LogP contribution is -2.24. The first-order valence-electron chi connectivity index (χ1n) is 4.34. The predicted octanol–water partition coefficient (Wildman–Crippen LogP) is 0.209. The van der Waals surface area contributed by atoms with E-state index in [0.717, 1.165) is 12.0 Å². The molecule has 1 rings (SSSR count). The third-order valence-corrected chi connectivity index (χ3v) is 1.77. The van der Waals surface area contributed by atoms with Gasteiger partial charge in [-0.2, -0.15) is 0 Å². The molecule has 5 nitrogen and oxygen atoms in total. The third-order valence-electron chi connectivity index (χ3n) is 1.77. The number of aryl methyl sites for hydroxylation is 1. The second-order valence-electron chi connectivity index (χ2n) is 2.76. The molecular formula is C9H9BN2O3. The number of carbonyl (C=O) groups excluding carboxylic acids is 2. The number of anilines is 1. The molecular weight excluding hydrogens is 195 g/mol. The van der Waals surface area contributed by atoms with Crippen molar-refractivity contribution < 1.29 is 14.2 Å². The minimum absolute atomic E-state index is 0.280. The maximum Gasteiger partial charge on any atom is 0.379 e. The van der Waals surface area contributed by atoms with E-state index < -0.39 is 11.9 Å². The molecule has 0 aliphatic carbocycles. The molecule has 1 amide bonds. The minimum Gasteiger partial charge on any atom is -0.536 e. The van der Waals surface area contributed by atoms with E-state index in [0.29, 0.717) is 0 Å². The number of hydrogen-bond acceptors (Lipinski definition) is 4. The molecule has 0 aromatic carbocycles. The lowest BCUT2D eigenvalue weighted by Gasteiger charge is -2.03. The summed E-state index contributed by atoms with van der Waals surface area (Å²) in [6, 6.07) is 3.40. The Morgan fingerprint density at radius 1 is 1.53 bits per heavy atom. The Morgan fingerprint density at radius 3 is 2.73 bits per heavy atom.